The van der Waals surface area contributed by atoms with Crippen LogP contribution < -0.4 is 5.32 Å². The predicted molar refractivity (Wildman–Crippen MR) is 85.1 cm³/mol. The molecule has 0 aromatic heterocycles. The molecule has 2 rings (SSSR count). The van der Waals surface area contributed by atoms with Crippen LogP contribution in [0.4, 0.5) is 4.79 Å². The lowest BCUT2D eigenvalue weighted by Crippen LogP contribution is -2.72. The molecule has 1 spiro atoms. The number of hydrogen-bond donors (Lipinski definition) is 2. The highest BCUT2D eigenvalue weighted by Gasteiger charge is 2.58. The van der Waals surface area contributed by atoms with Crippen molar-refractivity contribution in [3.05, 3.63) is 0 Å². The summed E-state index contributed by atoms with van der Waals surface area (Å²) in [4.78, 5) is 14.5. The second-order valence-corrected chi connectivity index (χ2v) is 8.63. The lowest BCUT2D eigenvalue weighted by molar-refractivity contribution is -0.117. The zero-order valence-electron chi connectivity index (χ0n) is 14.5. The molecule has 2 fully saturated rings. The molecular weight excluding hydrogens is 264 g/mol. The van der Waals surface area contributed by atoms with Gasteiger partial charge in [0.05, 0.1) is 5.60 Å². The number of aliphatic hydroxyl groups is 1. The number of carbonyl (C=O) groups is 1. The first-order valence-corrected chi connectivity index (χ1v) is 8.27. The Balaban J connectivity index is 1.93. The molecule has 1 unspecified atom stereocenters. The van der Waals surface area contributed by atoms with Crippen LogP contribution >= 0.6 is 0 Å². The lowest BCUT2D eigenvalue weighted by Gasteiger charge is -2.63. The molecule has 4 nitrogen and oxygen atoms in total. The van der Waals surface area contributed by atoms with Gasteiger partial charge in [0.15, 0.2) is 0 Å². The second kappa shape index (κ2) is 5.15. The van der Waals surface area contributed by atoms with E-state index in [1.807, 2.05) is 18.7 Å². The fraction of sp³-hybridized carbons (Fsp3) is 0.941. The van der Waals surface area contributed by atoms with Gasteiger partial charge < -0.3 is 15.3 Å². The Morgan fingerprint density at radius 1 is 1.33 bits per heavy atom. The smallest absolute Gasteiger partial charge is 0.317 e. The summed E-state index contributed by atoms with van der Waals surface area (Å²) in [5.41, 5.74) is -0.756. The highest BCUT2D eigenvalue weighted by molar-refractivity contribution is 5.76. The molecule has 1 aliphatic carbocycles. The standard InChI is InChI=1S/C17H32N2O2/c1-12(2)13-17(8-7-9-17)11-19(13)14(20)18-10-15(3,4)16(5,6)21/h12-13,21H,7-11H2,1-6H3,(H,18,20). The molecule has 4 heteroatoms. The van der Waals surface area contributed by atoms with Gasteiger partial charge in [-0.2, -0.15) is 0 Å². The van der Waals surface area contributed by atoms with Crippen LogP contribution in [0.25, 0.3) is 0 Å². The molecular formula is C17H32N2O2. The number of likely N-dealkylation sites (tertiary alicyclic amines) is 1. The number of amides is 2. The molecule has 1 aliphatic heterocycles. The minimum Gasteiger partial charge on any atom is -0.390 e. The van der Waals surface area contributed by atoms with Crippen LogP contribution in [0.1, 0.15) is 60.8 Å². The maximum absolute atomic E-state index is 12.5. The first-order valence-electron chi connectivity index (χ1n) is 8.27. The average molecular weight is 296 g/mol. The normalized spacial score (nSPS) is 24.8. The van der Waals surface area contributed by atoms with Crippen molar-refractivity contribution < 1.29 is 9.90 Å². The van der Waals surface area contributed by atoms with E-state index < -0.39 is 5.60 Å². The van der Waals surface area contributed by atoms with Crippen LogP contribution in [0.2, 0.25) is 0 Å². The molecule has 2 N–H and O–H groups in total. The molecule has 1 saturated heterocycles. The fourth-order valence-electron chi connectivity index (χ4n) is 3.71. The van der Waals surface area contributed by atoms with Crippen molar-refractivity contribution in [3.63, 3.8) is 0 Å². The van der Waals surface area contributed by atoms with Crippen molar-refractivity contribution in [1.82, 2.24) is 10.2 Å². The SMILES string of the molecule is CC(C)C1N(C(=O)NCC(C)(C)C(C)(C)O)CC12CCC2. The monoisotopic (exact) mass is 296 g/mol. The zero-order chi connectivity index (χ0) is 16.1. The molecule has 21 heavy (non-hydrogen) atoms. The van der Waals surface area contributed by atoms with E-state index in [1.54, 1.807) is 13.8 Å². The van der Waals surface area contributed by atoms with Gasteiger partial charge in [0.2, 0.25) is 0 Å². The number of nitrogens with one attached hydrogen (secondary N) is 1. The van der Waals surface area contributed by atoms with Crippen molar-refractivity contribution in [2.45, 2.75) is 72.4 Å². The van der Waals surface area contributed by atoms with Gasteiger partial charge in [0, 0.05) is 30.0 Å². The van der Waals surface area contributed by atoms with Crippen LogP contribution in [-0.4, -0.2) is 40.8 Å². The molecule has 1 atom stereocenters. The first kappa shape index (κ1) is 16.6. The van der Waals surface area contributed by atoms with Gasteiger partial charge in [-0.1, -0.05) is 34.1 Å². The molecule has 0 bridgehead atoms. The van der Waals surface area contributed by atoms with E-state index in [0.717, 1.165) is 6.54 Å². The molecule has 0 radical (unpaired) electrons. The summed E-state index contributed by atoms with van der Waals surface area (Å²) in [6.07, 6.45) is 3.86. The highest BCUT2D eigenvalue weighted by atomic mass is 16.3. The van der Waals surface area contributed by atoms with Gasteiger partial charge in [-0.25, -0.2) is 4.79 Å². The van der Waals surface area contributed by atoms with Gasteiger partial charge in [-0.3, -0.25) is 0 Å². The van der Waals surface area contributed by atoms with E-state index in [1.165, 1.54) is 19.3 Å². The minimum absolute atomic E-state index is 0.0311. The van der Waals surface area contributed by atoms with Gasteiger partial charge >= 0.3 is 6.03 Å². The maximum atomic E-state index is 12.5. The summed E-state index contributed by atoms with van der Waals surface area (Å²) >= 11 is 0. The van der Waals surface area contributed by atoms with Crippen LogP contribution in [0, 0.1) is 16.7 Å². The lowest BCUT2D eigenvalue weighted by atomic mass is 9.55. The van der Waals surface area contributed by atoms with Crippen molar-refractivity contribution in [2.75, 3.05) is 13.1 Å². The topological polar surface area (TPSA) is 52.6 Å². The zero-order valence-corrected chi connectivity index (χ0v) is 14.5. The maximum Gasteiger partial charge on any atom is 0.317 e. The summed E-state index contributed by atoms with van der Waals surface area (Å²) in [7, 11) is 0. The van der Waals surface area contributed by atoms with E-state index in [0.29, 0.717) is 23.9 Å². The van der Waals surface area contributed by atoms with E-state index in [-0.39, 0.29) is 11.4 Å². The number of urea groups is 1. The fourth-order valence-corrected chi connectivity index (χ4v) is 3.71. The molecule has 1 heterocycles. The Morgan fingerprint density at radius 2 is 1.90 bits per heavy atom. The molecule has 2 amide bonds. The van der Waals surface area contributed by atoms with Crippen LogP contribution in [0.15, 0.2) is 0 Å². The second-order valence-electron chi connectivity index (χ2n) is 8.63. The van der Waals surface area contributed by atoms with Crippen molar-refractivity contribution in [1.29, 1.82) is 0 Å². The van der Waals surface area contributed by atoms with Gasteiger partial charge in [-0.15, -0.1) is 0 Å². The molecule has 2 aliphatic rings. The predicted octanol–water partition coefficient (Wildman–Crippen LogP) is 3.00. The first-order chi connectivity index (χ1) is 9.50. The summed E-state index contributed by atoms with van der Waals surface area (Å²) < 4.78 is 0. The molecule has 122 valence electrons. The highest BCUT2D eigenvalue weighted by Crippen LogP contribution is 2.55. The summed E-state index contributed by atoms with van der Waals surface area (Å²) in [6.45, 7) is 13.4. The van der Waals surface area contributed by atoms with Crippen molar-refractivity contribution >= 4 is 6.03 Å². The summed E-state index contributed by atoms with van der Waals surface area (Å²) in [5, 5.41) is 13.2. The molecule has 1 saturated carbocycles. The number of rotatable bonds is 4. The van der Waals surface area contributed by atoms with Crippen molar-refractivity contribution in [3.8, 4) is 0 Å². The quantitative estimate of drug-likeness (QED) is 0.838. The van der Waals surface area contributed by atoms with E-state index >= 15 is 0 Å². The third-order valence-electron chi connectivity index (χ3n) is 6.03. The van der Waals surface area contributed by atoms with Crippen LogP contribution in [0.5, 0.6) is 0 Å². The van der Waals surface area contributed by atoms with Crippen LogP contribution in [-0.2, 0) is 0 Å². The number of nitrogens with zero attached hydrogens (tertiary/aromatic N) is 1. The molecule has 0 aromatic carbocycles. The number of carbonyl (C=O) groups excluding carboxylic acids is 1. The van der Waals surface area contributed by atoms with Crippen LogP contribution in [0.3, 0.4) is 0 Å². The third-order valence-corrected chi connectivity index (χ3v) is 6.03. The largest absolute Gasteiger partial charge is 0.390 e. The van der Waals surface area contributed by atoms with E-state index in [4.69, 9.17) is 0 Å². The minimum atomic E-state index is -0.818. The number of hydrogen-bond acceptors (Lipinski definition) is 2. The van der Waals surface area contributed by atoms with Gasteiger partial charge in [-0.05, 0) is 32.6 Å². The van der Waals surface area contributed by atoms with E-state index in [9.17, 15) is 9.90 Å². The summed E-state index contributed by atoms with van der Waals surface area (Å²) in [6, 6.07) is 0.417. The van der Waals surface area contributed by atoms with Gasteiger partial charge in [0.25, 0.3) is 0 Å². The van der Waals surface area contributed by atoms with E-state index in [2.05, 4.69) is 19.2 Å². The Bertz CT molecular complexity index is 406. The Hall–Kier alpha value is -0.770. The molecule has 0 aromatic rings. The summed E-state index contributed by atoms with van der Waals surface area (Å²) in [5.74, 6) is 0.507. The van der Waals surface area contributed by atoms with Gasteiger partial charge in [0.1, 0.15) is 0 Å². The average Bonchev–Trinajstić information content (AvgIpc) is 2.20. The Labute approximate surface area is 129 Å². The Kier molecular flexibility index (Phi) is 4.07. The third kappa shape index (κ3) is 2.79. The van der Waals surface area contributed by atoms with Crippen molar-refractivity contribution in [2.24, 2.45) is 16.7 Å². The Morgan fingerprint density at radius 3 is 2.29 bits per heavy atom.